The number of hydrogen-bond acceptors (Lipinski definition) is 1. The van der Waals surface area contributed by atoms with Gasteiger partial charge in [-0.2, -0.15) is 0 Å². The highest BCUT2D eigenvalue weighted by molar-refractivity contribution is 6.09. The minimum atomic E-state index is -0.523. The van der Waals surface area contributed by atoms with Crippen molar-refractivity contribution in [1.29, 1.82) is 0 Å². The smallest absolute Gasteiger partial charge is 0.143 e. The van der Waals surface area contributed by atoms with E-state index in [1.165, 1.54) is 77.9 Å². The van der Waals surface area contributed by atoms with E-state index in [4.69, 9.17) is 4.42 Å². The monoisotopic (exact) mass is 722 g/mol. The molecular weight excluding hydrogens is 689 g/mol. The molecule has 1 aromatic heterocycles. The number of hydrogen-bond donors (Lipinski definition) is 0. The van der Waals surface area contributed by atoms with Crippen molar-refractivity contribution in [2.75, 3.05) is 0 Å². The van der Waals surface area contributed by atoms with E-state index in [-0.39, 0.29) is 0 Å². The second-order valence-corrected chi connectivity index (χ2v) is 15.8. The third-order valence-electron chi connectivity index (χ3n) is 13.4. The van der Waals surface area contributed by atoms with Crippen molar-refractivity contribution < 1.29 is 4.42 Å². The highest BCUT2D eigenvalue weighted by Gasteiger charge is 2.58. The zero-order chi connectivity index (χ0) is 37.3. The van der Waals surface area contributed by atoms with E-state index in [2.05, 4.69) is 200 Å². The minimum Gasteiger partial charge on any atom is -0.455 e. The zero-order valence-electron chi connectivity index (χ0n) is 31.0. The summed E-state index contributed by atoms with van der Waals surface area (Å²) in [4.78, 5) is 0. The third-order valence-corrected chi connectivity index (χ3v) is 13.4. The summed E-state index contributed by atoms with van der Waals surface area (Å²) in [6, 6.07) is 77.0. The van der Waals surface area contributed by atoms with Crippen molar-refractivity contribution >= 4 is 21.9 Å². The lowest BCUT2D eigenvalue weighted by molar-refractivity contribution is 0.633. The lowest BCUT2D eigenvalue weighted by atomic mass is 9.52. The Hall–Kier alpha value is -7.22. The summed E-state index contributed by atoms with van der Waals surface area (Å²) in [5.41, 5.74) is 21.5. The number of benzene rings is 9. The summed E-state index contributed by atoms with van der Waals surface area (Å²) in [7, 11) is 0. The van der Waals surface area contributed by atoms with Crippen LogP contribution in [0, 0.1) is 0 Å². The zero-order valence-corrected chi connectivity index (χ0v) is 31.0. The molecule has 1 heterocycles. The van der Waals surface area contributed by atoms with Gasteiger partial charge in [0.2, 0.25) is 0 Å². The van der Waals surface area contributed by atoms with Crippen LogP contribution in [0.3, 0.4) is 0 Å². The van der Waals surface area contributed by atoms with Crippen LogP contribution in [0.2, 0.25) is 0 Å². The van der Waals surface area contributed by atoms with Gasteiger partial charge in [0.05, 0.1) is 10.8 Å². The molecule has 0 aliphatic heterocycles. The Morgan fingerprint density at radius 3 is 1.30 bits per heavy atom. The average Bonchev–Trinajstić information content (AvgIpc) is 3.91. The first-order valence-corrected chi connectivity index (χ1v) is 19.9. The van der Waals surface area contributed by atoms with Gasteiger partial charge in [0.25, 0.3) is 0 Å². The Labute approximate surface area is 331 Å². The molecule has 0 saturated heterocycles. The molecule has 0 fully saturated rings. The van der Waals surface area contributed by atoms with Crippen molar-refractivity contribution in [3.8, 4) is 44.5 Å². The Morgan fingerprint density at radius 2 is 0.684 bits per heavy atom. The Bertz CT molecular complexity index is 3230. The first kappa shape index (κ1) is 31.0. The molecule has 2 spiro atoms. The highest BCUT2D eigenvalue weighted by Crippen LogP contribution is 2.67. The summed E-state index contributed by atoms with van der Waals surface area (Å²) in [5, 5.41) is 2.29. The number of furan rings is 1. The Morgan fingerprint density at radius 1 is 0.263 bits per heavy atom. The largest absolute Gasteiger partial charge is 0.455 e. The predicted octanol–water partition coefficient (Wildman–Crippen LogP) is 14.0. The fourth-order valence-corrected chi connectivity index (χ4v) is 11.3. The van der Waals surface area contributed by atoms with Crippen LogP contribution in [0.5, 0.6) is 0 Å². The second-order valence-electron chi connectivity index (χ2n) is 15.8. The SMILES string of the molecule is c1cc(-c2ccc3c(c2)C2(c4ccccc4-c4ccccc42)c2ccccc2C32c3ccccc3-c3ccccc32)cc(-c2cccc3c2oc2ccccc23)c1. The standard InChI is InChI=1S/C56H34O/c1-6-24-45-39(17-1)40-18-2-7-25-46(40)55(45)49-28-10-11-29-50(49)56(47-26-8-3-19-41(47)42-20-4-9-27-48(42)56)52-34-36(31-32-51(52)55)35-15-13-16-37(33-35)38-22-14-23-44-43-21-5-12-30-53(43)57-54(38)44/h1-34H. The van der Waals surface area contributed by atoms with Crippen molar-refractivity contribution in [3.05, 3.63) is 251 Å². The van der Waals surface area contributed by atoms with Crippen LogP contribution in [-0.2, 0) is 10.8 Å². The quantitative estimate of drug-likeness (QED) is 0.173. The molecule has 10 aromatic rings. The molecule has 264 valence electrons. The molecule has 0 bridgehead atoms. The van der Waals surface area contributed by atoms with Crippen LogP contribution in [0.15, 0.2) is 211 Å². The maximum Gasteiger partial charge on any atom is 0.143 e. The van der Waals surface area contributed by atoms with Gasteiger partial charge < -0.3 is 4.42 Å². The fraction of sp³-hybridized carbons (Fsp3) is 0.0357. The predicted molar refractivity (Wildman–Crippen MR) is 233 cm³/mol. The normalized spacial score (nSPS) is 14.6. The first-order chi connectivity index (χ1) is 28.3. The fourth-order valence-electron chi connectivity index (χ4n) is 11.3. The molecule has 3 aliphatic rings. The van der Waals surface area contributed by atoms with Crippen molar-refractivity contribution in [3.63, 3.8) is 0 Å². The van der Waals surface area contributed by atoms with Crippen LogP contribution in [0.1, 0.15) is 44.5 Å². The number of para-hydroxylation sites is 2. The van der Waals surface area contributed by atoms with Crippen LogP contribution in [0.4, 0.5) is 0 Å². The average molecular weight is 723 g/mol. The Kier molecular flexibility index (Phi) is 6.09. The maximum absolute atomic E-state index is 6.53. The lowest BCUT2D eigenvalue weighted by Gasteiger charge is -2.49. The molecule has 0 saturated carbocycles. The van der Waals surface area contributed by atoms with Gasteiger partial charge in [0.15, 0.2) is 0 Å². The molecule has 13 rings (SSSR count). The second kappa shape index (κ2) is 11.2. The minimum absolute atomic E-state index is 0.492. The van der Waals surface area contributed by atoms with Crippen molar-refractivity contribution in [1.82, 2.24) is 0 Å². The van der Waals surface area contributed by atoms with Gasteiger partial charge in [-0.3, -0.25) is 0 Å². The van der Waals surface area contributed by atoms with Crippen LogP contribution in [0.25, 0.3) is 66.4 Å². The summed E-state index contributed by atoms with van der Waals surface area (Å²) >= 11 is 0. The molecule has 3 aliphatic carbocycles. The highest BCUT2D eigenvalue weighted by atomic mass is 16.3. The first-order valence-electron chi connectivity index (χ1n) is 19.9. The summed E-state index contributed by atoms with van der Waals surface area (Å²) < 4.78 is 6.53. The maximum atomic E-state index is 6.53. The molecule has 1 heteroatoms. The topological polar surface area (TPSA) is 13.1 Å². The molecule has 0 radical (unpaired) electrons. The van der Waals surface area contributed by atoms with E-state index >= 15 is 0 Å². The van der Waals surface area contributed by atoms with E-state index in [1.807, 2.05) is 6.07 Å². The van der Waals surface area contributed by atoms with Crippen molar-refractivity contribution in [2.45, 2.75) is 10.8 Å². The van der Waals surface area contributed by atoms with Gasteiger partial charge in [-0.15, -0.1) is 0 Å². The number of rotatable bonds is 2. The van der Waals surface area contributed by atoms with Crippen LogP contribution >= 0.6 is 0 Å². The van der Waals surface area contributed by atoms with Gasteiger partial charge in [0.1, 0.15) is 11.2 Å². The van der Waals surface area contributed by atoms with Gasteiger partial charge in [-0.1, -0.05) is 188 Å². The molecule has 0 unspecified atom stereocenters. The molecule has 0 amide bonds. The summed E-state index contributed by atoms with van der Waals surface area (Å²) in [6.07, 6.45) is 0. The van der Waals surface area contributed by atoms with E-state index in [9.17, 15) is 0 Å². The number of fused-ring (bicyclic) bond motifs is 19. The van der Waals surface area contributed by atoms with E-state index in [0.717, 1.165) is 33.1 Å². The van der Waals surface area contributed by atoms with E-state index in [0.29, 0.717) is 0 Å². The molecule has 0 atom stereocenters. The van der Waals surface area contributed by atoms with E-state index < -0.39 is 10.8 Å². The van der Waals surface area contributed by atoms with Crippen molar-refractivity contribution in [2.24, 2.45) is 0 Å². The van der Waals surface area contributed by atoms with Crippen LogP contribution in [-0.4, -0.2) is 0 Å². The molecule has 0 N–H and O–H groups in total. The van der Waals surface area contributed by atoms with Gasteiger partial charge in [0, 0.05) is 16.3 Å². The molecule has 9 aromatic carbocycles. The molecular formula is C56H34O. The lowest BCUT2D eigenvalue weighted by Crippen LogP contribution is -2.43. The van der Waals surface area contributed by atoms with Gasteiger partial charge in [-0.05, 0) is 102 Å². The Balaban J connectivity index is 1.13. The molecule has 1 nitrogen and oxygen atoms in total. The van der Waals surface area contributed by atoms with Crippen LogP contribution < -0.4 is 0 Å². The summed E-state index contributed by atoms with van der Waals surface area (Å²) in [6.45, 7) is 0. The third kappa shape index (κ3) is 3.79. The molecule has 57 heavy (non-hydrogen) atoms. The summed E-state index contributed by atoms with van der Waals surface area (Å²) in [5.74, 6) is 0. The van der Waals surface area contributed by atoms with E-state index in [1.54, 1.807) is 0 Å². The van der Waals surface area contributed by atoms with Gasteiger partial charge in [-0.25, -0.2) is 0 Å². The van der Waals surface area contributed by atoms with Gasteiger partial charge >= 0.3 is 0 Å².